The van der Waals surface area contributed by atoms with Gasteiger partial charge in [0.15, 0.2) is 0 Å². The Morgan fingerprint density at radius 1 is 1.17 bits per heavy atom. The standard InChI is InChI=1S/C21H24O2/c1-6-16-11-17(7-2)13-18(12-16)21(22)23-20-10-15(5)8-9-19(20)14(3)4/h1-2,11-15,19-20H,8-10H2,3-5H3/t15-,19+,20-/m0/s1. The van der Waals surface area contributed by atoms with Gasteiger partial charge in [0.2, 0.25) is 0 Å². The normalized spacial score (nSPS) is 23.8. The topological polar surface area (TPSA) is 26.3 Å². The highest BCUT2D eigenvalue weighted by atomic mass is 16.5. The van der Waals surface area contributed by atoms with Crippen LogP contribution in [0.15, 0.2) is 18.2 Å². The van der Waals surface area contributed by atoms with E-state index in [-0.39, 0.29) is 12.1 Å². The molecule has 0 aromatic heterocycles. The Morgan fingerprint density at radius 3 is 2.30 bits per heavy atom. The number of hydrogen-bond donors (Lipinski definition) is 0. The van der Waals surface area contributed by atoms with Crippen molar-refractivity contribution >= 4 is 5.97 Å². The third-order valence-electron chi connectivity index (χ3n) is 4.72. The third-order valence-corrected chi connectivity index (χ3v) is 4.72. The van der Waals surface area contributed by atoms with Crippen LogP contribution in [0.3, 0.4) is 0 Å². The maximum atomic E-state index is 12.6. The van der Waals surface area contributed by atoms with Gasteiger partial charge in [-0.15, -0.1) is 12.8 Å². The summed E-state index contributed by atoms with van der Waals surface area (Å²) in [6, 6.07) is 5.05. The molecule has 1 aliphatic carbocycles. The zero-order valence-electron chi connectivity index (χ0n) is 14.1. The van der Waals surface area contributed by atoms with E-state index in [1.165, 1.54) is 6.42 Å². The fourth-order valence-electron chi connectivity index (χ4n) is 3.37. The predicted octanol–water partition coefficient (Wildman–Crippen LogP) is 4.27. The summed E-state index contributed by atoms with van der Waals surface area (Å²) in [7, 11) is 0. The first-order valence-electron chi connectivity index (χ1n) is 8.24. The van der Waals surface area contributed by atoms with Gasteiger partial charge in [-0.3, -0.25) is 0 Å². The number of hydrogen-bond acceptors (Lipinski definition) is 2. The second kappa shape index (κ2) is 7.38. The van der Waals surface area contributed by atoms with Gasteiger partial charge >= 0.3 is 5.97 Å². The minimum atomic E-state index is -0.330. The molecule has 1 saturated carbocycles. The summed E-state index contributed by atoms with van der Waals surface area (Å²) in [6.07, 6.45) is 14.1. The lowest BCUT2D eigenvalue weighted by atomic mass is 9.75. The Bertz CT molecular complexity index is 625. The Balaban J connectivity index is 2.20. The molecule has 2 nitrogen and oxygen atoms in total. The molecule has 1 aromatic carbocycles. The highest BCUT2D eigenvalue weighted by Gasteiger charge is 2.33. The van der Waals surface area contributed by atoms with E-state index in [0.29, 0.717) is 34.4 Å². The van der Waals surface area contributed by atoms with Crippen LogP contribution in [0.4, 0.5) is 0 Å². The quantitative estimate of drug-likeness (QED) is 0.616. The van der Waals surface area contributed by atoms with Gasteiger partial charge in [0.05, 0.1) is 5.56 Å². The second-order valence-corrected chi connectivity index (χ2v) is 6.86. The minimum absolute atomic E-state index is 0.0324. The summed E-state index contributed by atoms with van der Waals surface area (Å²) in [5, 5.41) is 0. The van der Waals surface area contributed by atoms with E-state index in [9.17, 15) is 4.79 Å². The van der Waals surface area contributed by atoms with Crippen molar-refractivity contribution in [2.45, 2.75) is 46.1 Å². The molecular formula is C21H24O2. The van der Waals surface area contributed by atoms with Gasteiger partial charge in [-0.2, -0.15) is 0 Å². The van der Waals surface area contributed by atoms with E-state index in [1.54, 1.807) is 18.2 Å². The molecule has 23 heavy (non-hydrogen) atoms. The third kappa shape index (κ3) is 4.17. The molecule has 0 radical (unpaired) electrons. The summed E-state index contributed by atoms with van der Waals surface area (Å²) in [5.74, 6) is 6.23. The van der Waals surface area contributed by atoms with Crippen molar-refractivity contribution in [2.75, 3.05) is 0 Å². The molecule has 2 rings (SSSR count). The van der Waals surface area contributed by atoms with Gasteiger partial charge in [0.25, 0.3) is 0 Å². The van der Waals surface area contributed by atoms with Crippen LogP contribution in [0, 0.1) is 42.4 Å². The predicted molar refractivity (Wildman–Crippen MR) is 92.9 cm³/mol. The van der Waals surface area contributed by atoms with Crippen molar-refractivity contribution in [1.29, 1.82) is 0 Å². The van der Waals surface area contributed by atoms with Crippen LogP contribution >= 0.6 is 0 Å². The fraction of sp³-hybridized carbons (Fsp3) is 0.476. The van der Waals surface area contributed by atoms with Gasteiger partial charge in [0.1, 0.15) is 6.10 Å². The van der Waals surface area contributed by atoms with E-state index >= 15 is 0 Å². The van der Waals surface area contributed by atoms with Crippen LogP contribution < -0.4 is 0 Å². The molecule has 0 saturated heterocycles. The van der Waals surface area contributed by atoms with Gasteiger partial charge < -0.3 is 4.74 Å². The average Bonchev–Trinajstić information content (AvgIpc) is 2.53. The van der Waals surface area contributed by atoms with Crippen molar-refractivity contribution in [3.63, 3.8) is 0 Å². The number of benzene rings is 1. The highest BCUT2D eigenvalue weighted by molar-refractivity contribution is 5.90. The van der Waals surface area contributed by atoms with Crippen molar-refractivity contribution in [3.8, 4) is 24.7 Å². The first kappa shape index (κ1) is 17.2. The number of rotatable bonds is 3. The van der Waals surface area contributed by atoms with Gasteiger partial charge in [-0.25, -0.2) is 4.79 Å². The molecule has 0 N–H and O–H groups in total. The van der Waals surface area contributed by atoms with Gasteiger partial charge in [-0.1, -0.05) is 39.0 Å². The van der Waals surface area contributed by atoms with Gasteiger partial charge in [0, 0.05) is 11.1 Å². The number of esters is 1. The molecule has 0 bridgehead atoms. The van der Waals surface area contributed by atoms with Crippen molar-refractivity contribution < 1.29 is 9.53 Å². The average molecular weight is 308 g/mol. The van der Waals surface area contributed by atoms with E-state index < -0.39 is 0 Å². The number of ether oxygens (including phenoxy) is 1. The maximum absolute atomic E-state index is 12.6. The lowest BCUT2D eigenvalue weighted by molar-refractivity contribution is -0.0174. The Morgan fingerprint density at radius 2 is 1.78 bits per heavy atom. The monoisotopic (exact) mass is 308 g/mol. The first-order valence-corrected chi connectivity index (χ1v) is 8.24. The largest absolute Gasteiger partial charge is 0.458 e. The maximum Gasteiger partial charge on any atom is 0.338 e. The molecular weight excluding hydrogens is 284 g/mol. The molecule has 3 atom stereocenters. The summed E-state index contributed by atoms with van der Waals surface area (Å²) >= 11 is 0. The van der Waals surface area contributed by atoms with Gasteiger partial charge in [-0.05, 0) is 48.8 Å². The van der Waals surface area contributed by atoms with Crippen LogP contribution in [0.1, 0.15) is 61.5 Å². The lowest BCUT2D eigenvalue weighted by Crippen LogP contribution is -2.35. The highest BCUT2D eigenvalue weighted by Crippen LogP contribution is 2.35. The summed E-state index contributed by atoms with van der Waals surface area (Å²) in [6.45, 7) is 6.60. The first-order chi connectivity index (χ1) is 10.9. The van der Waals surface area contributed by atoms with Crippen LogP contribution in [0.25, 0.3) is 0 Å². The Labute approximate surface area is 139 Å². The van der Waals surface area contributed by atoms with E-state index in [0.717, 1.165) is 12.8 Å². The molecule has 0 spiro atoms. The zero-order chi connectivity index (χ0) is 17.0. The van der Waals surface area contributed by atoms with Crippen molar-refractivity contribution in [1.82, 2.24) is 0 Å². The van der Waals surface area contributed by atoms with Crippen molar-refractivity contribution in [3.05, 3.63) is 34.9 Å². The summed E-state index contributed by atoms with van der Waals surface area (Å²) < 4.78 is 5.84. The molecule has 2 heteroatoms. The molecule has 0 amide bonds. The molecule has 0 aliphatic heterocycles. The van der Waals surface area contributed by atoms with Crippen LogP contribution in [-0.2, 0) is 4.74 Å². The minimum Gasteiger partial charge on any atom is -0.458 e. The smallest absolute Gasteiger partial charge is 0.338 e. The molecule has 1 aromatic rings. The molecule has 1 aliphatic rings. The Kier molecular flexibility index (Phi) is 5.51. The Hall–Kier alpha value is -2.19. The van der Waals surface area contributed by atoms with Crippen LogP contribution in [-0.4, -0.2) is 12.1 Å². The molecule has 1 fully saturated rings. The molecule has 0 heterocycles. The number of terminal acetylenes is 2. The molecule has 120 valence electrons. The zero-order valence-corrected chi connectivity index (χ0v) is 14.1. The molecule has 0 unspecified atom stereocenters. The van der Waals surface area contributed by atoms with E-state index in [4.69, 9.17) is 17.6 Å². The summed E-state index contributed by atoms with van der Waals surface area (Å²) in [4.78, 5) is 12.6. The number of carbonyl (C=O) groups is 1. The van der Waals surface area contributed by atoms with Crippen LogP contribution in [0.5, 0.6) is 0 Å². The fourth-order valence-corrected chi connectivity index (χ4v) is 3.37. The summed E-state index contributed by atoms with van der Waals surface area (Å²) in [5.41, 5.74) is 1.64. The lowest BCUT2D eigenvalue weighted by Gasteiger charge is -2.36. The second-order valence-electron chi connectivity index (χ2n) is 6.86. The van der Waals surface area contributed by atoms with Crippen molar-refractivity contribution in [2.24, 2.45) is 17.8 Å². The van der Waals surface area contributed by atoms with E-state index in [1.807, 2.05) is 0 Å². The SMILES string of the molecule is C#Cc1cc(C#C)cc(C(=O)O[C@H]2C[C@@H](C)CC[C@@H]2C(C)C)c1. The van der Waals surface area contributed by atoms with E-state index in [2.05, 4.69) is 32.6 Å². The van der Waals surface area contributed by atoms with Crippen LogP contribution in [0.2, 0.25) is 0 Å². The number of carbonyl (C=O) groups excluding carboxylic acids is 1.